The Hall–Kier alpha value is -2.36. The number of nitrogens with one attached hydrogen (secondary N) is 2. The van der Waals surface area contributed by atoms with Crippen molar-refractivity contribution in [1.82, 2.24) is 10.3 Å². The van der Waals surface area contributed by atoms with Crippen LogP contribution < -0.4 is 10.7 Å². The molecule has 4 nitrogen and oxygen atoms in total. The fraction of sp³-hybridized carbons (Fsp3) is 0.250. The molecule has 1 aliphatic rings. The number of aromatic amines is 1. The molecule has 102 valence electrons. The minimum Gasteiger partial charge on any atom is -0.367 e. The molecule has 1 atom stereocenters. The highest BCUT2D eigenvalue weighted by atomic mass is 16.2. The maximum absolute atomic E-state index is 12.2. The summed E-state index contributed by atoms with van der Waals surface area (Å²) in [5.74, 6) is -0.312. The van der Waals surface area contributed by atoms with Crippen molar-refractivity contribution in [3.63, 3.8) is 0 Å². The molecule has 1 heterocycles. The lowest BCUT2D eigenvalue weighted by Gasteiger charge is -2.26. The van der Waals surface area contributed by atoms with Gasteiger partial charge in [0.2, 0.25) is 0 Å². The average molecular weight is 268 g/mol. The van der Waals surface area contributed by atoms with Gasteiger partial charge < -0.3 is 10.3 Å². The first-order valence-electron chi connectivity index (χ1n) is 6.81. The van der Waals surface area contributed by atoms with E-state index in [1.54, 1.807) is 0 Å². The summed E-state index contributed by atoms with van der Waals surface area (Å²) in [5, 5.41) is 2.97. The van der Waals surface area contributed by atoms with Gasteiger partial charge in [-0.05, 0) is 30.4 Å². The Morgan fingerprint density at radius 1 is 1.25 bits per heavy atom. The van der Waals surface area contributed by atoms with Crippen LogP contribution in [-0.4, -0.2) is 10.9 Å². The van der Waals surface area contributed by atoms with Gasteiger partial charge in [-0.1, -0.05) is 24.3 Å². The second-order valence-electron chi connectivity index (χ2n) is 5.04. The molecule has 1 amide bonds. The number of hydrogen-bond acceptors (Lipinski definition) is 2. The number of rotatable bonds is 2. The smallest absolute Gasteiger partial charge is 0.257 e. The van der Waals surface area contributed by atoms with E-state index < -0.39 is 0 Å². The Bertz CT molecular complexity index is 691. The van der Waals surface area contributed by atoms with Crippen molar-refractivity contribution in [2.75, 3.05) is 0 Å². The predicted molar refractivity (Wildman–Crippen MR) is 76.6 cm³/mol. The summed E-state index contributed by atoms with van der Waals surface area (Å²) in [6, 6.07) is 9.51. The molecule has 2 N–H and O–H groups in total. The first-order valence-corrected chi connectivity index (χ1v) is 6.81. The van der Waals surface area contributed by atoms with Crippen molar-refractivity contribution in [1.29, 1.82) is 0 Å². The third-order valence-electron chi connectivity index (χ3n) is 3.74. The van der Waals surface area contributed by atoms with E-state index in [0.29, 0.717) is 0 Å². The zero-order valence-corrected chi connectivity index (χ0v) is 11.1. The highest BCUT2D eigenvalue weighted by Gasteiger charge is 2.22. The van der Waals surface area contributed by atoms with E-state index in [0.717, 1.165) is 19.3 Å². The number of aryl methyl sites for hydroxylation is 1. The molecule has 0 radical (unpaired) electrons. The zero-order chi connectivity index (χ0) is 13.9. The summed E-state index contributed by atoms with van der Waals surface area (Å²) < 4.78 is 0. The number of fused-ring (bicyclic) bond motifs is 1. The van der Waals surface area contributed by atoms with Gasteiger partial charge in [-0.3, -0.25) is 9.59 Å². The summed E-state index contributed by atoms with van der Waals surface area (Å²) in [6.45, 7) is 0. The van der Waals surface area contributed by atoms with Gasteiger partial charge in [-0.25, -0.2) is 0 Å². The molecule has 1 aromatic carbocycles. The molecule has 0 fully saturated rings. The quantitative estimate of drug-likeness (QED) is 0.877. The number of hydrogen-bond donors (Lipinski definition) is 2. The van der Waals surface area contributed by atoms with Crippen LogP contribution in [0.2, 0.25) is 0 Å². The summed E-state index contributed by atoms with van der Waals surface area (Å²) in [6.07, 6.45) is 5.98. The predicted octanol–water partition coefficient (Wildman–Crippen LogP) is 2.18. The van der Waals surface area contributed by atoms with Crippen LogP contribution in [0, 0.1) is 0 Å². The van der Waals surface area contributed by atoms with Crippen LogP contribution in [0.15, 0.2) is 47.5 Å². The van der Waals surface area contributed by atoms with E-state index in [2.05, 4.69) is 22.4 Å². The first-order chi connectivity index (χ1) is 9.75. The number of aromatic nitrogens is 1. The number of H-pyrrole nitrogens is 1. The number of carbonyl (C=O) groups is 1. The molecule has 0 bridgehead atoms. The monoisotopic (exact) mass is 268 g/mol. The molecule has 0 aliphatic heterocycles. The third kappa shape index (κ3) is 2.37. The molecule has 20 heavy (non-hydrogen) atoms. The Labute approximate surface area is 116 Å². The summed E-state index contributed by atoms with van der Waals surface area (Å²) in [7, 11) is 0. The molecule has 3 rings (SSSR count). The number of carbonyl (C=O) groups excluding carboxylic acids is 1. The average Bonchev–Trinajstić information content (AvgIpc) is 2.48. The van der Waals surface area contributed by atoms with Gasteiger partial charge in [0, 0.05) is 18.5 Å². The van der Waals surface area contributed by atoms with Crippen molar-refractivity contribution in [2.24, 2.45) is 0 Å². The topological polar surface area (TPSA) is 62.0 Å². The van der Waals surface area contributed by atoms with Gasteiger partial charge in [0.05, 0.1) is 6.04 Å². The van der Waals surface area contributed by atoms with Gasteiger partial charge in [-0.2, -0.15) is 0 Å². The highest BCUT2D eigenvalue weighted by molar-refractivity contribution is 5.94. The zero-order valence-electron chi connectivity index (χ0n) is 11.1. The van der Waals surface area contributed by atoms with Crippen molar-refractivity contribution in [2.45, 2.75) is 25.3 Å². The van der Waals surface area contributed by atoms with Crippen LogP contribution in [-0.2, 0) is 6.42 Å². The summed E-state index contributed by atoms with van der Waals surface area (Å²) in [4.78, 5) is 26.7. The van der Waals surface area contributed by atoms with Crippen LogP contribution in [0.5, 0.6) is 0 Å². The molecular formula is C16H16N2O2. The summed E-state index contributed by atoms with van der Waals surface area (Å²) >= 11 is 0. The Kier molecular flexibility index (Phi) is 3.37. The molecule has 1 aliphatic carbocycles. The van der Waals surface area contributed by atoms with Crippen molar-refractivity contribution in [3.05, 3.63) is 69.6 Å². The largest absolute Gasteiger partial charge is 0.367 e. The third-order valence-corrected chi connectivity index (χ3v) is 3.74. The summed E-state index contributed by atoms with van der Waals surface area (Å²) in [5.41, 5.74) is 2.35. The fourth-order valence-corrected chi connectivity index (χ4v) is 2.73. The van der Waals surface area contributed by atoms with Gasteiger partial charge in [0.25, 0.3) is 5.91 Å². The van der Waals surface area contributed by atoms with Gasteiger partial charge in [0.15, 0.2) is 5.43 Å². The normalized spacial score (nSPS) is 17.3. The maximum Gasteiger partial charge on any atom is 0.257 e. The first kappa shape index (κ1) is 12.7. The Morgan fingerprint density at radius 3 is 2.95 bits per heavy atom. The second kappa shape index (κ2) is 5.33. The second-order valence-corrected chi connectivity index (χ2v) is 5.04. The van der Waals surface area contributed by atoms with E-state index in [4.69, 9.17) is 0 Å². The number of pyridine rings is 1. The fourth-order valence-electron chi connectivity index (χ4n) is 2.73. The lowest BCUT2D eigenvalue weighted by Crippen LogP contribution is -2.33. The SMILES string of the molecule is O=C(NC1CCCc2ccccc21)c1c[nH]ccc1=O. The highest BCUT2D eigenvalue weighted by Crippen LogP contribution is 2.29. The molecular weight excluding hydrogens is 252 g/mol. The standard InChI is InChI=1S/C16H16N2O2/c19-15-8-9-17-10-13(15)16(20)18-14-7-3-5-11-4-1-2-6-12(11)14/h1-2,4,6,8-10,14H,3,5,7H2,(H,17,19)(H,18,20). The van der Waals surface area contributed by atoms with Gasteiger partial charge in [0.1, 0.15) is 5.56 Å². The van der Waals surface area contributed by atoms with Crippen molar-refractivity contribution < 1.29 is 4.79 Å². The minimum atomic E-state index is -0.312. The van der Waals surface area contributed by atoms with E-state index in [9.17, 15) is 9.59 Å². The van der Waals surface area contributed by atoms with Crippen LogP contribution in [0.3, 0.4) is 0 Å². The van der Waals surface area contributed by atoms with E-state index >= 15 is 0 Å². The molecule has 0 spiro atoms. The van der Waals surface area contributed by atoms with Gasteiger partial charge in [-0.15, -0.1) is 0 Å². The van der Waals surface area contributed by atoms with Crippen LogP contribution in [0.1, 0.15) is 40.4 Å². The lowest BCUT2D eigenvalue weighted by molar-refractivity contribution is 0.0931. The Balaban J connectivity index is 1.85. The number of benzene rings is 1. The maximum atomic E-state index is 12.2. The van der Waals surface area contributed by atoms with E-state index in [1.165, 1.54) is 29.6 Å². The minimum absolute atomic E-state index is 0.00736. The van der Waals surface area contributed by atoms with Crippen LogP contribution >= 0.6 is 0 Å². The molecule has 4 heteroatoms. The number of amides is 1. The van der Waals surface area contributed by atoms with Crippen LogP contribution in [0.25, 0.3) is 0 Å². The molecule has 2 aromatic rings. The van der Waals surface area contributed by atoms with Crippen molar-refractivity contribution in [3.8, 4) is 0 Å². The van der Waals surface area contributed by atoms with Crippen LogP contribution in [0.4, 0.5) is 0 Å². The van der Waals surface area contributed by atoms with Crippen molar-refractivity contribution >= 4 is 5.91 Å². The molecule has 1 unspecified atom stereocenters. The molecule has 0 saturated heterocycles. The lowest BCUT2D eigenvalue weighted by atomic mass is 9.87. The molecule has 0 saturated carbocycles. The van der Waals surface area contributed by atoms with Gasteiger partial charge >= 0.3 is 0 Å². The Morgan fingerprint density at radius 2 is 2.10 bits per heavy atom. The van der Waals surface area contributed by atoms with E-state index in [-0.39, 0.29) is 22.9 Å². The molecule has 1 aromatic heterocycles. The van der Waals surface area contributed by atoms with E-state index in [1.807, 2.05) is 12.1 Å².